The van der Waals surface area contributed by atoms with Gasteiger partial charge in [-0.15, -0.1) is 0 Å². The molecule has 0 aliphatic carbocycles. The second-order valence-corrected chi connectivity index (χ2v) is 5.19. The summed E-state index contributed by atoms with van der Waals surface area (Å²) in [7, 11) is 0. The maximum atomic E-state index is 11.7. The van der Waals surface area contributed by atoms with Gasteiger partial charge in [0.25, 0.3) is 11.5 Å². The van der Waals surface area contributed by atoms with E-state index < -0.39 is 0 Å². The zero-order valence-electron chi connectivity index (χ0n) is 11.4. The van der Waals surface area contributed by atoms with E-state index in [0.717, 1.165) is 5.56 Å². The monoisotopic (exact) mass is 341 g/mol. The minimum absolute atomic E-state index is 0.139. The van der Waals surface area contributed by atoms with Gasteiger partial charge in [0.05, 0.1) is 13.2 Å². The Morgan fingerprint density at radius 1 is 1.27 bits per heavy atom. The van der Waals surface area contributed by atoms with Crippen LogP contribution in [0.5, 0.6) is 0 Å². The number of rotatable bonds is 6. The van der Waals surface area contributed by atoms with Crippen molar-refractivity contribution in [3.8, 4) is 0 Å². The van der Waals surface area contributed by atoms with Crippen molar-refractivity contribution >= 4 is 29.1 Å². The summed E-state index contributed by atoms with van der Waals surface area (Å²) in [6.45, 7) is 0.946. The molecular weight excluding hydrogens is 329 g/mol. The number of benzene rings is 1. The van der Waals surface area contributed by atoms with Gasteiger partial charge in [0, 0.05) is 22.7 Å². The number of halogens is 2. The predicted octanol–water partition coefficient (Wildman–Crippen LogP) is 2.02. The smallest absolute Gasteiger partial charge is 0.271 e. The number of hydrogen-bond acceptors (Lipinski definition) is 4. The Labute approximate surface area is 136 Å². The molecular formula is C14H13Cl2N3O3. The number of aromatic nitrogens is 2. The van der Waals surface area contributed by atoms with E-state index >= 15 is 0 Å². The van der Waals surface area contributed by atoms with Crippen LogP contribution in [-0.4, -0.2) is 29.3 Å². The van der Waals surface area contributed by atoms with E-state index in [4.69, 9.17) is 27.9 Å². The summed E-state index contributed by atoms with van der Waals surface area (Å²) >= 11 is 11.8. The van der Waals surface area contributed by atoms with Gasteiger partial charge >= 0.3 is 0 Å². The first kappa shape index (κ1) is 16.5. The van der Waals surface area contributed by atoms with E-state index in [-0.39, 0.29) is 17.2 Å². The molecule has 2 rings (SSSR count). The number of aromatic amines is 1. The van der Waals surface area contributed by atoms with Gasteiger partial charge in [0.2, 0.25) is 0 Å². The minimum atomic E-state index is -0.385. The van der Waals surface area contributed by atoms with Crippen molar-refractivity contribution in [3.05, 3.63) is 62.0 Å². The summed E-state index contributed by atoms with van der Waals surface area (Å²) in [4.78, 5) is 22.5. The maximum Gasteiger partial charge on any atom is 0.271 e. The Morgan fingerprint density at radius 3 is 2.77 bits per heavy atom. The molecule has 116 valence electrons. The summed E-state index contributed by atoms with van der Waals surface area (Å²) < 4.78 is 5.43. The molecule has 0 aliphatic rings. The van der Waals surface area contributed by atoms with Crippen LogP contribution in [0.4, 0.5) is 0 Å². The standard InChI is InChI=1S/C14H13Cl2N3O3/c15-10-2-1-9(11(16)7-10)8-22-6-5-17-14(21)12-3-4-13(20)19-18-12/h1-4,7H,5-6,8H2,(H,17,21)(H,19,20). The number of carbonyl (C=O) groups is 1. The zero-order valence-corrected chi connectivity index (χ0v) is 12.9. The van der Waals surface area contributed by atoms with E-state index in [1.807, 2.05) is 0 Å². The van der Waals surface area contributed by atoms with Crippen LogP contribution in [0.1, 0.15) is 16.1 Å². The first-order valence-corrected chi connectivity index (χ1v) is 7.17. The van der Waals surface area contributed by atoms with Crippen molar-refractivity contribution in [1.82, 2.24) is 15.5 Å². The van der Waals surface area contributed by atoms with E-state index in [1.54, 1.807) is 18.2 Å². The van der Waals surface area contributed by atoms with Crippen LogP contribution >= 0.6 is 23.2 Å². The molecule has 0 aliphatic heterocycles. The van der Waals surface area contributed by atoms with Crippen molar-refractivity contribution < 1.29 is 9.53 Å². The Kier molecular flexibility index (Phi) is 5.94. The molecule has 2 aromatic rings. The molecule has 1 aromatic carbocycles. The number of hydrogen-bond donors (Lipinski definition) is 2. The maximum absolute atomic E-state index is 11.7. The minimum Gasteiger partial charge on any atom is -0.375 e. The number of nitrogens with zero attached hydrogens (tertiary/aromatic N) is 1. The Balaban J connectivity index is 1.72. The largest absolute Gasteiger partial charge is 0.375 e. The molecule has 2 N–H and O–H groups in total. The number of nitrogens with one attached hydrogen (secondary N) is 2. The van der Waals surface area contributed by atoms with Crippen LogP contribution in [0.3, 0.4) is 0 Å². The van der Waals surface area contributed by atoms with E-state index in [0.29, 0.717) is 29.8 Å². The van der Waals surface area contributed by atoms with Crippen molar-refractivity contribution in [1.29, 1.82) is 0 Å². The van der Waals surface area contributed by atoms with Crippen LogP contribution in [0, 0.1) is 0 Å². The third-order valence-electron chi connectivity index (χ3n) is 2.72. The summed E-state index contributed by atoms with van der Waals surface area (Å²) in [5.41, 5.74) is 0.597. The summed E-state index contributed by atoms with van der Waals surface area (Å²) in [5.74, 6) is -0.385. The average Bonchev–Trinajstić information content (AvgIpc) is 2.49. The molecule has 8 heteroatoms. The van der Waals surface area contributed by atoms with Crippen molar-refractivity contribution in [3.63, 3.8) is 0 Å². The Bertz CT molecular complexity index is 698. The lowest BCUT2D eigenvalue weighted by molar-refractivity contribution is 0.0895. The van der Waals surface area contributed by atoms with Gasteiger partial charge < -0.3 is 10.1 Å². The average molecular weight is 342 g/mol. The van der Waals surface area contributed by atoms with Crippen molar-refractivity contribution in [2.45, 2.75) is 6.61 Å². The summed E-state index contributed by atoms with van der Waals surface area (Å²) in [6, 6.07) is 7.75. The lowest BCUT2D eigenvalue weighted by atomic mass is 10.2. The van der Waals surface area contributed by atoms with Gasteiger partial charge in [0.15, 0.2) is 0 Å². The lowest BCUT2D eigenvalue weighted by Crippen LogP contribution is -2.28. The van der Waals surface area contributed by atoms with Crippen molar-refractivity contribution in [2.24, 2.45) is 0 Å². The molecule has 6 nitrogen and oxygen atoms in total. The van der Waals surface area contributed by atoms with E-state index in [1.165, 1.54) is 12.1 Å². The fourth-order valence-electron chi connectivity index (χ4n) is 1.62. The molecule has 0 saturated heterocycles. The quantitative estimate of drug-likeness (QED) is 0.787. The molecule has 0 bridgehead atoms. The van der Waals surface area contributed by atoms with Gasteiger partial charge in [-0.25, -0.2) is 5.10 Å². The van der Waals surface area contributed by atoms with Crippen LogP contribution < -0.4 is 10.9 Å². The molecule has 0 saturated carbocycles. The fraction of sp³-hybridized carbons (Fsp3) is 0.214. The lowest BCUT2D eigenvalue weighted by Gasteiger charge is -2.07. The zero-order chi connectivity index (χ0) is 15.9. The van der Waals surface area contributed by atoms with Crippen LogP contribution in [0.15, 0.2) is 35.1 Å². The van der Waals surface area contributed by atoms with Gasteiger partial charge in [-0.3, -0.25) is 9.59 Å². The third-order valence-corrected chi connectivity index (χ3v) is 3.30. The van der Waals surface area contributed by atoms with Crippen LogP contribution in [-0.2, 0) is 11.3 Å². The number of ether oxygens (including phenoxy) is 1. The number of carbonyl (C=O) groups excluding carboxylic acids is 1. The highest BCUT2D eigenvalue weighted by atomic mass is 35.5. The summed E-state index contributed by atoms with van der Waals surface area (Å²) in [5, 5.41) is 9.54. The first-order valence-electron chi connectivity index (χ1n) is 6.42. The van der Waals surface area contributed by atoms with E-state index in [9.17, 15) is 9.59 Å². The SMILES string of the molecule is O=C(NCCOCc1ccc(Cl)cc1Cl)c1ccc(=O)[nH]n1. The first-order chi connectivity index (χ1) is 10.6. The van der Waals surface area contributed by atoms with Gasteiger partial charge in [-0.2, -0.15) is 5.10 Å². The second kappa shape index (κ2) is 7.93. The third kappa shape index (κ3) is 4.84. The topological polar surface area (TPSA) is 84.1 Å². The second-order valence-electron chi connectivity index (χ2n) is 4.35. The molecule has 0 unspecified atom stereocenters. The molecule has 0 atom stereocenters. The highest BCUT2D eigenvalue weighted by Gasteiger charge is 2.06. The number of amides is 1. The Hall–Kier alpha value is -1.89. The molecule has 0 spiro atoms. The summed E-state index contributed by atoms with van der Waals surface area (Å²) in [6.07, 6.45) is 0. The van der Waals surface area contributed by atoms with Gasteiger partial charge in [-0.05, 0) is 23.8 Å². The molecule has 0 radical (unpaired) electrons. The van der Waals surface area contributed by atoms with Gasteiger partial charge in [0.1, 0.15) is 5.69 Å². The predicted molar refractivity (Wildman–Crippen MR) is 83.3 cm³/mol. The molecule has 1 heterocycles. The molecule has 22 heavy (non-hydrogen) atoms. The van der Waals surface area contributed by atoms with Crippen LogP contribution in [0.2, 0.25) is 10.0 Å². The van der Waals surface area contributed by atoms with Crippen LogP contribution in [0.25, 0.3) is 0 Å². The fourth-order valence-corrected chi connectivity index (χ4v) is 2.08. The Morgan fingerprint density at radius 2 is 2.09 bits per heavy atom. The molecule has 0 fully saturated rings. The van der Waals surface area contributed by atoms with E-state index in [2.05, 4.69) is 15.5 Å². The highest BCUT2D eigenvalue weighted by Crippen LogP contribution is 2.21. The molecule has 1 aromatic heterocycles. The normalized spacial score (nSPS) is 10.5. The molecule has 1 amide bonds. The highest BCUT2D eigenvalue weighted by molar-refractivity contribution is 6.35. The number of H-pyrrole nitrogens is 1. The van der Waals surface area contributed by atoms with Crippen molar-refractivity contribution in [2.75, 3.05) is 13.2 Å². The van der Waals surface area contributed by atoms with Gasteiger partial charge in [-0.1, -0.05) is 29.3 Å².